The summed E-state index contributed by atoms with van der Waals surface area (Å²) in [5, 5.41) is 14.0. The molecule has 7 nitrogen and oxygen atoms in total. The van der Waals surface area contributed by atoms with Crippen LogP contribution in [0.3, 0.4) is 0 Å². The minimum atomic E-state index is -0.489. The number of hydrogen-bond acceptors (Lipinski definition) is 5. The Bertz CT molecular complexity index is 946. The van der Waals surface area contributed by atoms with Crippen LogP contribution in [0.4, 0.5) is 5.69 Å². The molecule has 1 fully saturated rings. The number of hydrogen-bond donors (Lipinski definition) is 1. The van der Waals surface area contributed by atoms with Gasteiger partial charge >= 0.3 is 0 Å². The minimum absolute atomic E-state index is 0.0518. The van der Waals surface area contributed by atoms with Gasteiger partial charge in [0.2, 0.25) is 11.8 Å². The van der Waals surface area contributed by atoms with E-state index >= 15 is 0 Å². The second kappa shape index (κ2) is 13.1. The number of non-ortho nitro benzene ring substituents is 1. The fourth-order valence-corrected chi connectivity index (χ4v) is 5.19. The highest BCUT2D eigenvalue weighted by atomic mass is 32.2. The van der Waals surface area contributed by atoms with E-state index in [0.717, 1.165) is 36.8 Å². The van der Waals surface area contributed by atoms with Crippen LogP contribution in [0.2, 0.25) is 0 Å². The smallest absolute Gasteiger partial charge is 0.269 e. The number of amides is 2. The zero-order chi connectivity index (χ0) is 24.3. The average Bonchev–Trinajstić information content (AvgIpc) is 3.35. The SMILES string of the molecule is CC[C@@H](C(=O)NC1CCCC1)N(CCc1ccccc1)C(=O)CSCc1ccc([N+](=O)[O-])cc1. The first-order valence-corrected chi connectivity index (χ1v) is 13.1. The van der Waals surface area contributed by atoms with Crippen molar-refractivity contribution in [2.45, 2.75) is 63.3 Å². The van der Waals surface area contributed by atoms with Crippen LogP contribution in [-0.4, -0.2) is 46.0 Å². The average molecular weight is 484 g/mol. The van der Waals surface area contributed by atoms with E-state index in [1.54, 1.807) is 17.0 Å². The van der Waals surface area contributed by atoms with Crippen LogP contribution in [-0.2, 0) is 21.8 Å². The minimum Gasteiger partial charge on any atom is -0.352 e. The molecule has 0 saturated heterocycles. The predicted molar refractivity (Wildman–Crippen MR) is 136 cm³/mol. The van der Waals surface area contributed by atoms with E-state index in [1.807, 2.05) is 37.3 Å². The fourth-order valence-electron chi connectivity index (χ4n) is 4.32. The van der Waals surface area contributed by atoms with E-state index in [4.69, 9.17) is 0 Å². The van der Waals surface area contributed by atoms with Crippen LogP contribution in [0, 0.1) is 10.1 Å². The van der Waals surface area contributed by atoms with Crippen molar-refractivity contribution in [2.75, 3.05) is 12.3 Å². The third-order valence-electron chi connectivity index (χ3n) is 6.21. The van der Waals surface area contributed by atoms with Crippen LogP contribution in [0.5, 0.6) is 0 Å². The molecule has 3 rings (SSSR count). The molecule has 0 aliphatic heterocycles. The van der Waals surface area contributed by atoms with E-state index in [-0.39, 0.29) is 29.3 Å². The van der Waals surface area contributed by atoms with E-state index in [2.05, 4.69) is 5.32 Å². The summed E-state index contributed by atoms with van der Waals surface area (Å²) < 4.78 is 0. The molecule has 0 heterocycles. The highest BCUT2D eigenvalue weighted by Crippen LogP contribution is 2.20. The standard InChI is InChI=1S/C26H33N3O4S/c1-2-24(26(31)27-22-10-6-7-11-22)28(17-16-20-8-4-3-5-9-20)25(30)19-34-18-21-12-14-23(15-13-21)29(32)33/h3-5,8-9,12-15,22,24H,2,6-7,10-11,16-19H2,1H3,(H,27,31)/t24-/m0/s1. The lowest BCUT2D eigenvalue weighted by Gasteiger charge is -2.31. The van der Waals surface area contributed by atoms with Gasteiger partial charge in [0.15, 0.2) is 0 Å². The molecule has 1 aliphatic carbocycles. The fraction of sp³-hybridized carbons (Fsp3) is 0.462. The first kappa shape index (κ1) is 25.7. The topological polar surface area (TPSA) is 92.6 Å². The molecule has 0 bridgehead atoms. The third kappa shape index (κ3) is 7.58. The van der Waals surface area contributed by atoms with Gasteiger partial charge in [-0.25, -0.2) is 0 Å². The first-order chi connectivity index (χ1) is 16.5. The second-order valence-electron chi connectivity index (χ2n) is 8.65. The Kier molecular flexibility index (Phi) is 9.94. The van der Waals surface area contributed by atoms with Crippen LogP contribution in [0.1, 0.15) is 50.2 Å². The predicted octanol–water partition coefficient (Wildman–Crippen LogP) is 4.74. The van der Waals surface area contributed by atoms with Gasteiger partial charge in [-0.1, -0.05) is 62.2 Å². The molecule has 2 aromatic carbocycles. The van der Waals surface area contributed by atoms with Crippen molar-refractivity contribution in [3.63, 3.8) is 0 Å². The molecule has 1 atom stereocenters. The molecule has 2 amide bonds. The monoisotopic (exact) mass is 483 g/mol. The van der Waals surface area contributed by atoms with E-state index < -0.39 is 11.0 Å². The largest absolute Gasteiger partial charge is 0.352 e. The number of nitro groups is 1. The highest BCUT2D eigenvalue weighted by molar-refractivity contribution is 7.99. The quantitative estimate of drug-likeness (QED) is 0.348. The van der Waals surface area contributed by atoms with Crippen LogP contribution < -0.4 is 5.32 Å². The number of carbonyl (C=O) groups is 2. The number of thioether (sulfide) groups is 1. The lowest BCUT2D eigenvalue weighted by Crippen LogP contribution is -2.52. The Morgan fingerprint density at radius 2 is 1.76 bits per heavy atom. The van der Waals surface area contributed by atoms with Gasteiger partial charge in [-0.2, -0.15) is 0 Å². The van der Waals surface area contributed by atoms with E-state index in [9.17, 15) is 19.7 Å². The zero-order valence-electron chi connectivity index (χ0n) is 19.7. The maximum atomic E-state index is 13.3. The molecule has 1 N–H and O–H groups in total. The van der Waals surface area contributed by atoms with Crippen molar-refractivity contribution in [2.24, 2.45) is 0 Å². The summed E-state index contributed by atoms with van der Waals surface area (Å²) in [5.41, 5.74) is 2.10. The van der Waals surface area contributed by atoms with Gasteiger partial charge in [0.25, 0.3) is 5.69 Å². The van der Waals surface area contributed by atoms with Crippen molar-refractivity contribution in [3.8, 4) is 0 Å². The summed E-state index contributed by atoms with van der Waals surface area (Å²) in [6.45, 7) is 2.43. The summed E-state index contributed by atoms with van der Waals surface area (Å²) in [7, 11) is 0. The number of carbonyl (C=O) groups excluding carboxylic acids is 2. The van der Waals surface area contributed by atoms with Gasteiger partial charge in [-0.15, -0.1) is 11.8 Å². The Morgan fingerprint density at radius 3 is 2.38 bits per heavy atom. The summed E-state index contributed by atoms with van der Waals surface area (Å²) in [5.74, 6) is 0.702. The zero-order valence-corrected chi connectivity index (χ0v) is 20.5. The van der Waals surface area contributed by atoms with Crippen molar-refractivity contribution in [3.05, 3.63) is 75.8 Å². The van der Waals surface area contributed by atoms with Gasteiger partial charge in [0.05, 0.1) is 10.7 Å². The van der Waals surface area contributed by atoms with Gasteiger partial charge in [-0.3, -0.25) is 19.7 Å². The Balaban J connectivity index is 1.63. The molecule has 8 heteroatoms. The summed E-state index contributed by atoms with van der Waals surface area (Å²) in [6, 6.07) is 16.1. The molecule has 0 aromatic heterocycles. The second-order valence-corrected chi connectivity index (χ2v) is 9.64. The summed E-state index contributed by atoms with van der Waals surface area (Å²) in [4.78, 5) is 38.5. The number of nitro benzene ring substituents is 1. The van der Waals surface area contributed by atoms with E-state index in [0.29, 0.717) is 25.1 Å². The van der Waals surface area contributed by atoms with Crippen molar-refractivity contribution >= 4 is 29.3 Å². The maximum absolute atomic E-state index is 13.3. The third-order valence-corrected chi connectivity index (χ3v) is 7.20. The molecule has 1 aliphatic rings. The molecule has 0 radical (unpaired) electrons. The Hall–Kier alpha value is -2.87. The number of rotatable bonds is 12. The maximum Gasteiger partial charge on any atom is 0.269 e. The summed E-state index contributed by atoms with van der Waals surface area (Å²) in [6.07, 6.45) is 5.53. The Labute approximate surface area is 205 Å². The highest BCUT2D eigenvalue weighted by Gasteiger charge is 2.30. The Morgan fingerprint density at radius 1 is 1.09 bits per heavy atom. The molecule has 0 spiro atoms. The number of nitrogens with one attached hydrogen (secondary N) is 1. The van der Waals surface area contributed by atoms with Crippen molar-refractivity contribution in [1.82, 2.24) is 10.2 Å². The normalized spacial score (nSPS) is 14.5. The van der Waals surface area contributed by atoms with Gasteiger partial charge < -0.3 is 10.2 Å². The lowest BCUT2D eigenvalue weighted by molar-refractivity contribution is -0.384. The first-order valence-electron chi connectivity index (χ1n) is 11.9. The van der Waals surface area contributed by atoms with E-state index in [1.165, 1.54) is 23.9 Å². The van der Waals surface area contributed by atoms with Crippen LogP contribution in [0.25, 0.3) is 0 Å². The molecule has 2 aromatic rings. The van der Waals surface area contributed by atoms with Crippen molar-refractivity contribution in [1.29, 1.82) is 0 Å². The molecule has 182 valence electrons. The number of benzene rings is 2. The van der Waals surface area contributed by atoms with Crippen molar-refractivity contribution < 1.29 is 14.5 Å². The molecule has 1 saturated carbocycles. The molecular weight excluding hydrogens is 450 g/mol. The molecule has 0 unspecified atom stereocenters. The summed E-state index contributed by atoms with van der Waals surface area (Å²) >= 11 is 1.46. The molecular formula is C26H33N3O4S. The number of nitrogens with zero attached hydrogens (tertiary/aromatic N) is 2. The van der Waals surface area contributed by atoms with Crippen LogP contribution in [0.15, 0.2) is 54.6 Å². The molecule has 34 heavy (non-hydrogen) atoms. The van der Waals surface area contributed by atoms with Gasteiger partial charge in [0.1, 0.15) is 6.04 Å². The van der Waals surface area contributed by atoms with Crippen LogP contribution >= 0.6 is 11.8 Å². The van der Waals surface area contributed by atoms with Gasteiger partial charge in [0, 0.05) is 30.5 Å². The van der Waals surface area contributed by atoms with Gasteiger partial charge in [-0.05, 0) is 36.8 Å². The lowest BCUT2D eigenvalue weighted by atomic mass is 10.1.